The summed E-state index contributed by atoms with van der Waals surface area (Å²) in [6.45, 7) is 2.03. The Labute approximate surface area is 174 Å². The summed E-state index contributed by atoms with van der Waals surface area (Å²) in [4.78, 5) is 0. The van der Waals surface area contributed by atoms with Gasteiger partial charge in [-0.2, -0.15) is 0 Å². The van der Waals surface area contributed by atoms with Crippen LogP contribution in [-0.4, -0.2) is 17.4 Å². The molecular formula is C26H26NOP. The number of fused-ring (bicyclic) bond motifs is 1. The Balaban J connectivity index is 1.34. The van der Waals surface area contributed by atoms with Gasteiger partial charge in [-0.05, 0) is 45.8 Å². The zero-order chi connectivity index (χ0) is 20.1. The zero-order valence-electron chi connectivity index (χ0n) is 16.5. The van der Waals surface area contributed by atoms with Gasteiger partial charge < -0.3 is 10.4 Å². The highest BCUT2D eigenvalue weighted by Gasteiger charge is 2.15. The van der Waals surface area contributed by atoms with E-state index in [2.05, 4.69) is 72.0 Å². The smallest absolute Gasteiger partial charge is 0.0940 e. The van der Waals surface area contributed by atoms with Crippen LogP contribution in [0.25, 0.3) is 21.9 Å². The van der Waals surface area contributed by atoms with E-state index in [1.165, 1.54) is 27.2 Å². The summed E-state index contributed by atoms with van der Waals surface area (Å²) in [5.74, 6) is 0. The summed E-state index contributed by atoms with van der Waals surface area (Å²) >= 11 is 0. The molecule has 0 aliphatic rings. The zero-order valence-corrected chi connectivity index (χ0v) is 17.5. The van der Waals surface area contributed by atoms with Gasteiger partial charge in [-0.3, -0.25) is 0 Å². The summed E-state index contributed by atoms with van der Waals surface area (Å²) in [5.41, 5.74) is 3.44. The first-order valence-corrected chi connectivity index (χ1v) is 11.2. The molecule has 146 valence electrons. The number of rotatable bonds is 7. The molecule has 0 spiro atoms. The summed E-state index contributed by atoms with van der Waals surface area (Å²) in [6, 6.07) is 33.8. The van der Waals surface area contributed by atoms with Crippen LogP contribution in [0.4, 0.5) is 0 Å². The van der Waals surface area contributed by atoms with E-state index in [0.717, 1.165) is 11.8 Å². The highest BCUT2D eigenvalue weighted by Crippen LogP contribution is 2.25. The Bertz CT molecular complexity index is 1060. The summed E-state index contributed by atoms with van der Waals surface area (Å²) in [5, 5.41) is 17.8. The lowest BCUT2D eigenvalue weighted by atomic mass is 10.0. The Hall–Kier alpha value is -2.51. The first-order chi connectivity index (χ1) is 14.2. The second-order valence-electron chi connectivity index (χ2n) is 7.34. The van der Waals surface area contributed by atoms with Crippen LogP contribution in [0.3, 0.4) is 0 Å². The number of benzene rings is 4. The maximum Gasteiger partial charge on any atom is 0.0940 e. The lowest BCUT2D eigenvalue weighted by molar-refractivity contribution is 0.139. The molecule has 3 atom stereocenters. The van der Waals surface area contributed by atoms with Gasteiger partial charge in [-0.15, -0.1) is 0 Å². The maximum atomic E-state index is 10.5. The number of hydrogen-bond donors (Lipinski definition) is 2. The third-order valence-corrected chi connectivity index (χ3v) is 6.42. The van der Waals surface area contributed by atoms with Crippen molar-refractivity contribution in [3.05, 3.63) is 103 Å². The number of aliphatic hydroxyl groups excluding tert-OH is 1. The van der Waals surface area contributed by atoms with Crippen LogP contribution in [0.15, 0.2) is 97.1 Å². The van der Waals surface area contributed by atoms with Crippen molar-refractivity contribution in [2.24, 2.45) is 0 Å². The maximum absolute atomic E-state index is 10.5. The second kappa shape index (κ2) is 9.33. The van der Waals surface area contributed by atoms with E-state index in [-0.39, 0.29) is 6.04 Å². The van der Waals surface area contributed by atoms with Crippen molar-refractivity contribution in [1.82, 2.24) is 5.32 Å². The van der Waals surface area contributed by atoms with Crippen molar-refractivity contribution in [3.63, 3.8) is 0 Å². The molecule has 0 fully saturated rings. The van der Waals surface area contributed by atoms with E-state index < -0.39 is 6.10 Å². The minimum absolute atomic E-state index is 0.0155. The largest absolute Gasteiger partial charge is 0.387 e. The standard InChI is InChI=1S/C26H26NOP/c1-19(26(28)22-8-3-2-4-9-22)27-18-29-25-15-13-21(14-16-25)24-12-11-20-7-5-6-10-23(20)17-24/h2-17,19,26-29H,18H2,1H3/t19-,26-/m0/s1. The molecule has 4 aromatic rings. The Morgan fingerprint density at radius 2 is 1.41 bits per heavy atom. The molecule has 0 bridgehead atoms. The number of nitrogens with one attached hydrogen (secondary N) is 1. The molecule has 2 nitrogen and oxygen atoms in total. The molecule has 1 unspecified atom stereocenters. The summed E-state index contributed by atoms with van der Waals surface area (Å²) in [7, 11) is 0.664. The minimum atomic E-state index is -0.490. The van der Waals surface area contributed by atoms with Gasteiger partial charge in [0, 0.05) is 12.3 Å². The van der Waals surface area contributed by atoms with Gasteiger partial charge >= 0.3 is 0 Å². The van der Waals surface area contributed by atoms with Crippen molar-refractivity contribution in [2.75, 3.05) is 6.29 Å². The number of hydrogen-bond acceptors (Lipinski definition) is 2. The average Bonchev–Trinajstić information content (AvgIpc) is 2.79. The Kier molecular flexibility index (Phi) is 6.36. The van der Waals surface area contributed by atoms with E-state index in [1.807, 2.05) is 37.3 Å². The summed E-state index contributed by atoms with van der Waals surface area (Å²) in [6.07, 6.45) is 0.372. The van der Waals surface area contributed by atoms with Crippen LogP contribution in [0.5, 0.6) is 0 Å². The van der Waals surface area contributed by atoms with Gasteiger partial charge in [0.1, 0.15) is 0 Å². The second-order valence-corrected chi connectivity index (χ2v) is 8.63. The van der Waals surface area contributed by atoms with E-state index in [1.54, 1.807) is 0 Å². The van der Waals surface area contributed by atoms with Gasteiger partial charge in [0.05, 0.1) is 6.10 Å². The van der Waals surface area contributed by atoms with Crippen LogP contribution in [0.1, 0.15) is 18.6 Å². The Morgan fingerprint density at radius 3 is 2.17 bits per heavy atom. The van der Waals surface area contributed by atoms with Crippen LogP contribution in [0, 0.1) is 0 Å². The molecule has 0 heterocycles. The van der Waals surface area contributed by atoms with E-state index >= 15 is 0 Å². The van der Waals surface area contributed by atoms with Gasteiger partial charge in [-0.1, -0.05) is 99.6 Å². The van der Waals surface area contributed by atoms with Crippen LogP contribution in [-0.2, 0) is 0 Å². The first-order valence-electron chi connectivity index (χ1n) is 10.0. The fourth-order valence-corrected chi connectivity index (χ4v) is 4.54. The third-order valence-electron chi connectivity index (χ3n) is 5.30. The van der Waals surface area contributed by atoms with Crippen molar-refractivity contribution in [1.29, 1.82) is 0 Å². The SMILES string of the molecule is C[C@H](NCPc1ccc(-c2ccc3ccccc3c2)cc1)[C@H](O)c1ccccc1. The van der Waals surface area contributed by atoms with E-state index in [4.69, 9.17) is 0 Å². The van der Waals surface area contributed by atoms with E-state index in [0.29, 0.717) is 8.58 Å². The monoisotopic (exact) mass is 399 g/mol. The highest BCUT2D eigenvalue weighted by molar-refractivity contribution is 7.47. The fraction of sp³-hybridized carbons (Fsp3) is 0.154. The van der Waals surface area contributed by atoms with Crippen molar-refractivity contribution in [3.8, 4) is 11.1 Å². The molecule has 2 N–H and O–H groups in total. The van der Waals surface area contributed by atoms with Gasteiger partial charge in [0.25, 0.3) is 0 Å². The molecule has 29 heavy (non-hydrogen) atoms. The number of aliphatic hydroxyl groups is 1. The molecule has 4 rings (SSSR count). The van der Waals surface area contributed by atoms with Crippen LogP contribution >= 0.6 is 8.58 Å². The average molecular weight is 399 g/mol. The van der Waals surface area contributed by atoms with E-state index in [9.17, 15) is 5.11 Å². The van der Waals surface area contributed by atoms with Crippen LogP contribution < -0.4 is 10.6 Å². The van der Waals surface area contributed by atoms with Crippen LogP contribution in [0.2, 0.25) is 0 Å². The molecule has 0 saturated heterocycles. The van der Waals surface area contributed by atoms with Crippen molar-refractivity contribution in [2.45, 2.75) is 19.1 Å². The molecular weight excluding hydrogens is 373 g/mol. The predicted octanol–water partition coefficient (Wildman–Crippen LogP) is 5.48. The first kappa shape index (κ1) is 19.8. The topological polar surface area (TPSA) is 32.3 Å². The fourth-order valence-electron chi connectivity index (χ4n) is 3.51. The predicted molar refractivity (Wildman–Crippen MR) is 126 cm³/mol. The lowest BCUT2D eigenvalue weighted by Crippen LogP contribution is -2.32. The lowest BCUT2D eigenvalue weighted by Gasteiger charge is -2.20. The molecule has 0 aromatic heterocycles. The molecule has 0 aliphatic carbocycles. The van der Waals surface area contributed by atoms with Crippen molar-refractivity contribution < 1.29 is 5.11 Å². The Morgan fingerprint density at radius 1 is 0.759 bits per heavy atom. The quantitative estimate of drug-likeness (QED) is 0.403. The molecule has 3 heteroatoms. The minimum Gasteiger partial charge on any atom is -0.387 e. The molecule has 0 radical (unpaired) electrons. The van der Waals surface area contributed by atoms with Crippen molar-refractivity contribution >= 4 is 24.7 Å². The molecule has 0 amide bonds. The molecule has 0 saturated carbocycles. The molecule has 4 aromatic carbocycles. The molecule has 0 aliphatic heterocycles. The van der Waals surface area contributed by atoms with Gasteiger partial charge in [0.15, 0.2) is 0 Å². The summed E-state index contributed by atoms with van der Waals surface area (Å²) < 4.78 is 0. The normalized spacial score (nSPS) is 13.7. The van der Waals surface area contributed by atoms with Gasteiger partial charge in [0.2, 0.25) is 0 Å². The highest BCUT2D eigenvalue weighted by atomic mass is 31.1. The van der Waals surface area contributed by atoms with Gasteiger partial charge in [-0.25, -0.2) is 0 Å². The third kappa shape index (κ3) is 4.92.